The van der Waals surface area contributed by atoms with Crippen LogP contribution in [0.25, 0.3) is 0 Å². The lowest BCUT2D eigenvalue weighted by Gasteiger charge is -2.18. The van der Waals surface area contributed by atoms with Gasteiger partial charge in [0.05, 0.1) is 13.0 Å². The summed E-state index contributed by atoms with van der Waals surface area (Å²) in [5.74, 6) is -1.84. The third-order valence-corrected chi connectivity index (χ3v) is 5.23. The van der Waals surface area contributed by atoms with E-state index in [2.05, 4.69) is 4.74 Å². The summed E-state index contributed by atoms with van der Waals surface area (Å²) in [7, 11) is 1.27. The molecule has 0 fully saturated rings. The first-order chi connectivity index (χ1) is 15.0. The highest BCUT2D eigenvalue weighted by Gasteiger charge is 2.28. The van der Waals surface area contributed by atoms with E-state index in [1.165, 1.54) is 25.3 Å². The van der Waals surface area contributed by atoms with Gasteiger partial charge in [0.2, 0.25) is 0 Å². The highest BCUT2D eigenvalue weighted by atomic mass is 35.5. The molecule has 0 aromatic heterocycles. The van der Waals surface area contributed by atoms with Crippen LogP contribution in [0, 0.1) is 5.82 Å². The quantitative estimate of drug-likeness (QED) is 0.303. The summed E-state index contributed by atoms with van der Waals surface area (Å²) in [4.78, 5) is 25.0. The average molecular weight is 441 g/mol. The number of rotatable bonds is 9. The Kier molecular flexibility index (Phi) is 7.79. The normalized spacial score (nSPS) is 11.6. The zero-order valence-electron chi connectivity index (χ0n) is 17.0. The number of benzene rings is 3. The van der Waals surface area contributed by atoms with Gasteiger partial charge in [-0.2, -0.15) is 0 Å². The second-order valence-corrected chi connectivity index (χ2v) is 7.38. The lowest BCUT2D eigenvalue weighted by atomic mass is 9.86. The summed E-state index contributed by atoms with van der Waals surface area (Å²) in [6.45, 7) is 0.351. The van der Waals surface area contributed by atoms with Gasteiger partial charge in [0, 0.05) is 22.6 Å². The van der Waals surface area contributed by atoms with Gasteiger partial charge in [0.1, 0.15) is 18.2 Å². The molecular formula is C25H22ClFO4. The van der Waals surface area contributed by atoms with Gasteiger partial charge in [-0.25, -0.2) is 4.39 Å². The van der Waals surface area contributed by atoms with E-state index in [-0.39, 0.29) is 29.2 Å². The monoisotopic (exact) mass is 440 g/mol. The molecule has 3 aromatic rings. The number of halogens is 2. The molecule has 0 spiro atoms. The number of carbonyl (C=O) groups is 2. The maximum atomic E-state index is 14.6. The van der Waals surface area contributed by atoms with Crippen LogP contribution in [-0.2, 0) is 16.1 Å². The molecule has 0 saturated carbocycles. The van der Waals surface area contributed by atoms with E-state index in [9.17, 15) is 14.0 Å². The maximum absolute atomic E-state index is 14.6. The molecule has 4 nitrogen and oxygen atoms in total. The Morgan fingerprint density at radius 2 is 1.74 bits per heavy atom. The highest BCUT2D eigenvalue weighted by molar-refractivity contribution is 6.31. The number of hydrogen-bond donors (Lipinski definition) is 0. The van der Waals surface area contributed by atoms with Crippen molar-refractivity contribution in [1.82, 2.24) is 0 Å². The Hall–Kier alpha value is -3.18. The van der Waals surface area contributed by atoms with Gasteiger partial charge in [0.25, 0.3) is 0 Å². The smallest absolute Gasteiger partial charge is 0.305 e. The van der Waals surface area contributed by atoms with Crippen LogP contribution in [0.4, 0.5) is 4.39 Å². The van der Waals surface area contributed by atoms with Crippen LogP contribution in [-0.4, -0.2) is 18.9 Å². The van der Waals surface area contributed by atoms with E-state index >= 15 is 0 Å². The molecule has 0 radical (unpaired) electrons. The number of ketones is 1. The Morgan fingerprint density at radius 3 is 2.45 bits per heavy atom. The van der Waals surface area contributed by atoms with Gasteiger partial charge >= 0.3 is 5.97 Å². The van der Waals surface area contributed by atoms with Gasteiger partial charge < -0.3 is 9.47 Å². The summed E-state index contributed by atoms with van der Waals surface area (Å²) in [6, 6.07) is 20.6. The number of Topliss-reactive ketones (excluding diaryl/α,β-unsaturated/α-hetero) is 1. The second-order valence-electron chi connectivity index (χ2n) is 6.97. The summed E-state index contributed by atoms with van der Waals surface area (Å²) >= 11 is 6.22. The van der Waals surface area contributed by atoms with Gasteiger partial charge in [-0.15, -0.1) is 0 Å². The summed E-state index contributed by atoms with van der Waals surface area (Å²) in [6.07, 6.45) is 0.0308. The van der Waals surface area contributed by atoms with Crippen LogP contribution in [0.15, 0.2) is 72.8 Å². The first-order valence-corrected chi connectivity index (χ1v) is 10.2. The molecule has 160 valence electrons. The third-order valence-electron chi connectivity index (χ3n) is 4.90. The molecule has 0 aliphatic carbocycles. The number of esters is 1. The molecule has 0 bridgehead atoms. The van der Waals surface area contributed by atoms with Gasteiger partial charge in [-0.05, 0) is 36.2 Å². The molecule has 0 saturated heterocycles. The molecule has 1 atom stereocenters. The van der Waals surface area contributed by atoms with Crippen LogP contribution in [0.1, 0.15) is 40.2 Å². The first kappa shape index (κ1) is 22.5. The van der Waals surface area contributed by atoms with E-state index in [1.54, 1.807) is 24.3 Å². The summed E-state index contributed by atoms with van der Waals surface area (Å²) in [5.41, 5.74) is 1.42. The first-order valence-electron chi connectivity index (χ1n) is 9.81. The van der Waals surface area contributed by atoms with Crippen molar-refractivity contribution < 1.29 is 23.5 Å². The van der Waals surface area contributed by atoms with Crippen LogP contribution in [0.3, 0.4) is 0 Å². The van der Waals surface area contributed by atoms with E-state index < -0.39 is 17.7 Å². The molecule has 6 heteroatoms. The minimum Gasteiger partial charge on any atom is -0.489 e. The van der Waals surface area contributed by atoms with Crippen molar-refractivity contribution in [2.24, 2.45) is 0 Å². The topological polar surface area (TPSA) is 52.6 Å². The molecule has 1 unspecified atom stereocenters. The van der Waals surface area contributed by atoms with Crippen molar-refractivity contribution >= 4 is 23.4 Å². The molecule has 0 N–H and O–H groups in total. The number of hydrogen-bond acceptors (Lipinski definition) is 4. The molecule has 3 aromatic carbocycles. The fourth-order valence-electron chi connectivity index (χ4n) is 3.30. The summed E-state index contributed by atoms with van der Waals surface area (Å²) < 4.78 is 25.1. The molecule has 3 rings (SSSR count). The third kappa shape index (κ3) is 5.92. The van der Waals surface area contributed by atoms with Gasteiger partial charge in [-0.1, -0.05) is 60.1 Å². The zero-order valence-corrected chi connectivity index (χ0v) is 17.8. The molecule has 0 aliphatic heterocycles. The second kappa shape index (κ2) is 10.7. The lowest BCUT2D eigenvalue weighted by Crippen LogP contribution is -2.17. The van der Waals surface area contributed by atoms with Crippen molar-refractivity contribution in [2.75, 3.05) is 7.11 Å². The molecule has 31 heavy (non-hydrogen) atoms. The number of ether oxygens (including phenoxy) is 2. The molecular weight excluding hydrogens is 419 g/mol. The zero-order chi connectivity index (χ0) is 22.2. The summed E-state index contributed by atoms with van der Waals surface area (Å²) in [5, 5.41) is 0.139. The molecule has 0 amide bonds. The van der Waals surface area contributed by atoms with E-state index in [4.69, 9.17) is 16.3 Å². The van der Waals surface area contributed by atoms with Crippen molar-refractivity contribution in [2.45, 2.75) is 25.4 Å². The lowest BCUT2D eigenvalue weighted by molar-refractivity contribution is -0.140. The van der Waals surface area contributed by atoms with Crippen LogP contribution >= 0.6 is 11.6 Å². The predicted molar refractivity (Wildman–Crippen MR) is 117 cm³/mol. The Morgan fingerprint density at radius 1 is 1.00 bits per heavy atom. The minimum atomic E-state index is -0.933. The number of carbonyl (C=O) groups excluding carboxylic acids is 2. The molecule has 0 aliphatic rings. The van der Waals surface area contributed by atoms with E-state index in [0.29, 0.717) is 17.9 Å². The standard InChI is InChI=1S/C25H22ClFO4/c1-30-23(28)14-13-20(24-21(26)11-6-12-22(24)27)25(29)18-9-5-10-19(15-18)31-16-17-7-3-2-4-8-17/h2-12,15,20H,13-14,16H2,1H3. The number of methoxy groups -OCH3 is 1. The largest absolute Gasteiger partial charge is 0.489 e. The van der Waals surface area contributed by atoms with Gasteiger partial charge in [0.15, 0.2) is 5.78 Å². The van der Waals surface area contributed by atoms with Crippen LogP contribution in [0.5, 0.6) is 5.75 Å². The Bertz CT molecular complexity index is 1030. The fraction of sp³-hybridized carbons (Fsp3) is 0.200. The Balaban J connectivity index is 1.85. The van der Waals surface area contributed by atoms with Crippen molar-refractivity contribution in [3.63, 3.8) is 0 Å². The minimum absolute atomic E-state index is 0.0399. The van der Waals surface area contributed by atoms with Crippen molar-refractivity contribution in [3.8, 4) is 5.75 Å². The van der Waals surface area contributed by atoms with Crippen molar-refractivity contribution in [3.05, 3.63) is 100 Å². The average Bonchev–Trinajstić information content (AvgIpc) is 2.79. The SMILES string of the molecule is COC(=O)CCC(C(=O)c1cccc(OCc2ccccc2)c1)c1c(F)cccc1Cl. The van der Waals surface area contributed by atoms with E-state index in [0.717, 1.165) is 5.56 Å². The van der Waals surface area contributed by atoms with E-state index in [1.807, 2.05) is 30.3 Å². The Labute approximate surface area is 185 Å². The predicted octanol–water partition coefficient (Wildman–Crippen LogP) is 5.98. The fourth-order valence-corrected chi connectivity index (χ4v) is 3.59. The van der Waals surface area contributed by atoms with Crippen molar-refractivity contribution in [1.29, 1.82) is 0 Å². The van der Waals surface area contributed by atoms with Crippen LogP contribution < -0.4 is 4.74 Å². The highest BCUT2D eigenvalue weighted by Crippen LogP contribution is 2.34. The van der Waals surface area contributed by atoms with Crippen LogP contribution in [0.2, 0.25) is 5.02 Å². The maximum Gasteiger partial charge on any atom is 0.305 e. The van der Waals surface area contributed by atoms with Gasteiger partial charge in [-0.3, -0.25) is 9.59 Å². The molecule has 0 heterocycles.